The monoisotopic (exact) mass is 236 g/mol. The van der Waals surface area contributed by atoms with Gasteiger partial charge in [-0.05, 0) is 44.1 Å². The largest absolute Gasteiger partial charge is 0.385 e. The lowest BCUT2D eigenvalue weighted by Gasteiger charge is -2.20. The van der Waals surface area contributed by atoms with Crippen LogP contribution < -0.4 is 0 Å². The van der Waals surface area contributed by atoms with Gasteiger partial charge >= 0.3 is 0 Å². The number of ether oxygens (including phenoxy) is 1. The molecule has 17 heavy (non-hydrogen) atoms. The molecule has 1 heterocycles. The predicted octanol–water partition coefficient (Wildman–Crippen LogP) is 3.22. The minimum absolute atomic E-state index is 0.0666. The summed E-state index contributed by atoms with van der Waals surface area (Å²) in [7, 11) is 0. The number of hydrogen-bond acceptors (Lipinski definition) is 2. The number of hydrogen-bond donors (Lipinski definition) is 1. The Bertz CT molecular complexity index is 354. The highest BCUT2D eigenvalue weighted by molar-refractivity contribution is 5.17. The van der Waals surface area contributed by atoms with Crippen molar-refractivity contribution in [3.63, 3.8) is 0 Å². The van der Waals surface area contributed by atoms with E-state index in [1.54, 1.807) is 0 Å². The second kappa shape index (κ2) is 4.25. The van der Waals surface area contributed by atoms with E-state index in [2.05, 4.69) is 32.9 Å². The van der Waals surface area contributed by atoms with Crippen molar-refractivity contribution in [1.29, 1.82) is 0 Å². The van der Waals surface area contributed by atoms with E-state index in [9.17, 15) is 5.11 Å². The lowest BCUT2D eigenvalue weighted by Crippen LogP contribution is -2.17. The molecule has 1 aliphatic carbocycles. The van der Waals surface area contributed by atoms with Gasteiger partial charge < -0.3 is 9.84 Å². The van der Waals surface area contributed by atoms with E-state index in [0.29, 0.717) is 6.10 Å². The number of fused-ring (bicyclic) bond motifs is 1. The summed E-state index contributed by atoms with van der Waals surface area (Å²) in [5, 5.41) is 9.98. The zero-order chi connectivity index (χ0) is 12.7. The molecular formula is C15H24O2. The molecule has 1 aliphatic heterocycles. The van der Waals surface area contributed by atoms with Gasteiger partial charge in [0.2, 0.25) is 0 Å². The molecule has 0 unspecified atom stereocenters. The average molecular weight is 236 g/mol. The van der Waals surface area contributed by atoms with Gasteiger partial charge in [-0.2, -0.15) is 0 Å². The molecule has 2 nitrogen and oxygen atoms in total. The molecule has 0 radical (unpaired) electrons. The number of allylic oxidation sites excluding steroid dienone is 2. The molecule has 1 fully saturated rings. The van der Waals surface area contributed by atoms with Crippen LogP contribution in [0.5, 0.6) is 0 Å². The highest BCUT2D eigenvalue weighted by Crippen LogP contribution is 2.46. The Morgan fingerprint density at radius 2 is 2.06 bits per heavy atom. The summed E-state index contributed by atoms with van der Waals surface area (Å²) in [4.78, 5) is 0. The van der Waals surface area contributed by atoms with Gasteiger partial charge in [-0.25, -0.2) is 0 Å². The fourth-order valence-corrected chi connectivity index (χ4v) is 2.52. The zero-order valence-corrected chi connectivity index (χ0v) is 11.4. The average Bonchev–Trinajstić information content (AvgIpc) is 2.83. The maximum absolute atomic E-state index is 9.98. The molecule has 0 aromatic carbocycles. The Hall–Kier alpha value is -0.600. The smallest absolute Gasteiger partial charge is 0.0929 e. The van der Waals surface area contributed by atoms with Gasteiger partial charge in [-0.1, -0.05) is 32.1 Å². The summed E-state index contributed by atoms with van der Waals surface area (Å²) >= 11 is 0. The van der Waals surface area contributed by atoms with Crippen molar-refractivity contribution in [1.82, 2.24) is 0 Å². The number of aliphatic hydroxyl groups excluding tert-OH is 1. The Kier molecular flexibility index (Phi) is 3.21. The molecule has 96 valence electrons. The van der Waals surface area contributed by atoms with Gasteiger partial charge in [-0.3, -0.25) is 0 Å². The topological polar surface area (TPSA) is 32.8 Å². The molecule has 0 aromatic heterocycles. The maximum atomic E-state index is 9.98. The summed E-state index contributed by atoms with van der Waals surface area (Å²) in [5.74, 6) is 0. The van der Waals surface area contributed by atoms with E-state index >= 15 is 0 Å². The van der Waals surface area contributed by atoms with Crippen molar-refractivity contribution in [2.24, 2.45) is 5.41 Å². The Balaban J connectivity index is 2.18. The van der Waals surface area contributed by atoms with Gasteiger partial charge in [0.1, 0.15) is 0 Å². The first-order valence-electron chi connectivity index (χ1n) is 6.54. The third kappa shape index (κ3) is 2.99. The molecule has 0 bridgehead atoms. The van der Waals surface area contributed by atoms with Gasteiger partial charge in [0.15, 0.2) is 0 Å². The van der Waals surface area contributed by atoms with Crippen LogP contribution in [0.3, 0.4) is 0 Å². The van der Waals surface area contributed by atoms with Crippen LogP contribution in [0.15, 0.2) is 23.8 Å². The number of aliphatic hydroxyl groups is 1. The molecule has 0 aromatic rings. The van der Waals surface area contributed by atoms with Gasteiger partial charge in [-0.15, -0.1) is 0 Å². The summed E-state index contributed by atoms with van der Waals surface area (Å²) in [5.41, 5.74) is 1.20. The standard InChI is InChI=1S/C15H24O2/c1-11-6-5-8-15(4)13(17-15)10-14(2,3)9-7-12(11)16/h6-7,9,12-13,16H,5,8,10H2,1-4H3/b9-7+,11-6+/t12-,13+,15+/m0/s1. The molecule has 0 amide bonds. The highest BCUT2D eigenvalue weighted by Gasteiger charge is 2.52. The third-order valence-corrected chi connectivity index (χ3v) is 4.05. The second-order valence-electron chi connectivity index (χ2n) is 6.40. The summed E-state index contributed by atoms with van der Waals surface area (Å²) in [6, 6.07) is 0. The highest BCUT2D eigenvalue weighted by atomic mass is 16.6. The van der Waals surface area contributed by atoms with Crippen molar-refractivity contribution < 1.29 is 9.84 Å². The Morgan fingerprint density at radius 1 is 1.35 bits per heavy atom. The van der Waals surface area contributed by atoms with Crippen LogP contribution >= 0.6 is 0 Å². The van der Waals surface area contributed by atoms with E-state index < -0.39 is 6.10 Å². The normalized spacial score (nSPS) is 46.1. The molecule has 1 saturated heterocycles. The third-order valence-electron chi connectivity index (χ3n) is 4.05. The molecule has 2 rings (SSSR count). The van der Waals surface area contributed by atoms with Crippen molar-refractivity contribution in [3.05, 3.63) is 23.8 Å². The van der Waals surface area contributed by atoms with Crippen molar-refractivity contribution >= 4 is 0 Å². The van der Waals surface area contributed by atoms with Crippen LogP contribution in [0.2, 0.25) is 0 Å². The van der Waals surface area contributed by atoms with E-state index in [0.717, 1.165) is 24.8 Å². The predicted molar refractivity (Wildman–Crippen MR) is 69.8 cm³/mol. The molecule has 0 saturated carbocycles. The van der Waals surface area contributed by atoms with E-state index in [4.69, 9.17) is 4.74 Å². The van der Waals surface area contributed by atoms with Gasteiger partial charge in [0.25, 0.3) is 0 Å². The number of epoxide rings is 1. The lowest BCUT2D eigenvalue weighted by molar-refractivity contribution is 0.252. The van der Waals surface area contributed by atoms with Crippen LogP contribution in [0.25, 0.3) is 0 Å². The van der Waals surface area contributed by atoms with Crippen LogP contribution in [0.1, 0.15) is 47.0 Å². The van der Waals surface area contributed by atoms with E-state index in [1.807, 2.05) is 13.0 Å². The summed E-state index contributed by atoms with van der Waals surface area (Å²) in [6.45, 7) is 8.60. The molecular weight excluding hydrogens is 212 g/mol. The van der Waals surface area contributed by atoms with E-state index in [-0.39, 0.29) is 11.0 Å². The number of rotatable bonds is 0. The van der Waals surface area contributed by atoms with Crippen LogP contribution in [-0.4, -0.2) is 22.9 Å². The van der Waals surface area contributed by atoms with E-state index in [1.165, 1.54) is 0 Å². The van der Waals surface area contributed by atoms with Crippen molar-refractivity contribution in [2.45, 2.75) is 64.8 Å². The molecule has 1 N–H and O–H groups in total. The molecule has 2 heteroatoms. The van der Waals surface area contributed by atoms with Crippen LogP contribution in [0, 0.1) is 5.41 Å². The second-order valence-corrected chi connectivity index (χ2v) is 6.40. The lowest BCUT2D eigenvalue weighted by atomic mass is 9.84. The first kappa shape index (κ1) is 12.8. The Labute approximate surface area is 104 Å². The van der Waals surface area contributed by atoms with Crippen LogP contribution in [-0.2, 0) is 4.74 Å². The molecule has 0 spiro atoms. The SMILES string of the molecule is C/C1=C\CC[C@@]2(C)O[C@@H]2CC(C)(C)/C=C/[C@@H]1O. The first-order valence-corrected chi connectivity index (χ1v) is 6.54. The van der Waals surface area contributed by atoms with Crippen molar-refractivity contribution in [2.75, 3.05) is 0 Å². The summed E-state index contributed by atoms with van der Waals surface area (Å²) < 4.78 is 5.85. The minimum Gasteiger partial charge on any atom is -0.385 e. The fourth-order valence-electron chi connectivity index (χ4n) is 2.52. The van der Waals surface area contributed by atoms with Gasteiger partial charge in [0, 0.05) is 0 Å². The minimum atomic E-state index is -0.433. The maximum Gasteiger partial charge on any atom is 0.0929 e. The molecule has 3 atom stereocenters. The van der Waals surface area contributed by atoms with Gasteiger partial charge in [0.05, 0.1) is 17.8 Å². The fraction of sp³-hybridized carbons (Fsp3) is 0.733. The van der Waals surface area contributed by atoms with Crippen LogP contribution in [0.4, 0.5) is 0 Å². The molecule has 2 aliphatic rings. The quantitative estimate of drug-likeness (QED) is 0.517. The first-order chi connectivity index (χ1) is 7.82. The Morgan fingerprint density at radius 3 is 2.76 bits per heavy atom. The van der Waals surface area contributed by atoms with Crippen molar-refractivity contribution in [3.8, 4) is 0 Å². The summed E-state index contributed by atoms with van der Waals surface area (Å²) in [6.07, 6.45) is 9.20. The zero-order valence-electron chi connectivity index (χ0n) is 11.4.